The van der Waals surface area contributed by atoms with Gasteiger partial charge in [-0.15, -0.1) is 0 Å². The molecule has 5 nitrogen and oxygen atoms in total. The van der Waals surface area contributed by atoms with Crippen molar-refractivity contribution in [2.75, 3.05) is 19.6 Å². The third-order valence-corrected chi connectivity index (χ3v) is 2.12. The molecule has 0 amide bonds. The molecule has 1 saturated heterocycles. The SMILES string of the molecule is O=C(O)CCN1C[C@H](O)C[C@H](O)C1. The van der Waals surface area contributed by atoms with Crippen LogP contribution in [0.15, 0.2) is 0 Å². The van der Waals surface area contributed by atoms with Gasteiger partial charge in [0.15, 0.2) is 0 Å². The minimum absolute atomic E-state index is 0.0550. The van der Waals surface area contributed by atoms with Gasteiger partial charge >= 0.3 is 5.97 Å². The maximum atomic E-state index is 10.3. The van der Waals surface area contributed by atoms with Gasteiger partial charge in [-0.25, -0.2) is 0 Å². The number of aliphatic carboxylic acids is 1. The molecule has 13 heavy (non-hydrogen) atoms. The molecule has 3 N–H and O–H groups in total. The van der Waals surface area contributed by atoms with Crippen molar-refractivity contribution in [3.63, 3.8) is 0 Å². The van der Waals surface area contributed by atoms with E-state index in [-0.39, 0.29) is 6.42 Å². The zero-order valence-corrected chi connectivity index (χ0v) is 7.39. The predicted octanol–water partition coefficient (Wildman–Crippen LogP) is -1.11. The molecule has 1 aliphatic rings. The van der Waals surface area contributed by atoms with Gasteiger partial charge in [0.1, 0.15) is 0 Å². The van der Waals surface area contributed by atoms with Gasteiger partial charge in [-0.1, -0.05) is 0 Å². The third-order valence-electron chi connectivity index (χ3n) is 2.12. The number of carboxylic acid groups (broad SMARTS) is 1. The molecule has 0 spiro atoms. The zero-order chi connectivity index (χ0) is 9.84. The highest BCUT2D eigenvalue weighted by Crippen LogP contribution is 2.10. The normalized spacial score (nSPS) is 30.3. The number of rotatable bonds is 3. The van der Waals surface area contributed by atoms with E-state index in [0.717, 1.165) is 0 Å². The molecule has 1 rings (SSSR count). The number of hydrogen-bond acceptors (Lipinski definition) is 4. The maximum Gasteiger partial charge on any atom is 0.304 e. The molecule has 0 aliphatic carbocycles. The number of hydrogen-bond donors (Lipinski definition) is 3. The third kappa shape index (κ3) is 3.71. The molecule has 1 heterocycles. The summed E-state index contributed by atoms with van der Waals surface area (Å²) in [6.45, 7) is 1.32. The second-order valence-corrected chi connectivity index (χ2v) is 3.45. The number of carboxylic acids is 1. The summed E-state index contributed by atoms with van der Waals surface area (Å²) in [7, 11) is 0. The summed E-state index contributed by atoms with van der Waals surface area (Å²) in [6.07, 6.45) is -0.613. The Balaban J connectivity index is 2.28. The highest BCUT2D eigenvalue weighted by Gasteiger charge is 2.24. The van der Waals surface area contributed by atoms with Gasteiger partial charge in [0.25, 0.3) is 0 Å². The number of β-amino-alcohol motifs (C(OH)–C–C–N with tert-alkyl or cyclic N) is 2. The maximum absolute atomic E-state index is 10.3. The molecule has 2 atom stereocenters. The number of aliphatic hydroxyl groups excluding tert-OH is 2. The van der Waals surface area contributed by atoms with Gasteiger partial charge in [-0.2, -0.15) is 0 Å². The Hall–Kier alpha value is -0.650. The van der Waals surface area contributed by atoms with Crippen LogP contribution in [0.3, 0.4) is 0 Å². The van der Waals surface area contributed by atoms with Crippen LogP contribution in [0.1, 0.15) is 12.8 Å². The van der Waals surface area contributed by atoms with Crippen LogP contribution in [0.5, 0.6) is 0 Å². The number of nitrogens with zero attached hydrogens (tertiary/aromatic N) is 1. The van der Waals surface area contributed by atoms with E-state index in [4.69, 9.17) is 5.11 Å². The minimum atomic E-state index is -0.852. The summed E-state index contributed by atoms with van der Waals surface area (Å²) in [6, 6.07) is 0. The largest absolute Gasteiger partial charge is 0.481 e. The van der Waals surface area contributed by atoms with Gasteiger partial charge < -0.3 is 15.3 Å². The molecule has 0 radical (unpaired) electrons. The first-order valence-corrected chi connectivity index (χ1v) is 4.38. The first kappa shape index (κ1) is 10.4. The Morgan fingerprint density at radius 3 is 2.31 bits per heavy atom. The lowest BCUT2D eigenvalue weighted by Gasteiger charge is -2.32. The van der Waals surface area contributed by atoms with E-state index in [2.05, 4.69) is 0 Å². The van der Waals surface area contributed by atoms with Crippen LogP contribution in [0.25, 0.3) is 0 Å². The molecular formula is C8H15NO4. The van der Waals surface area contributed by atoms with Crippen LogP contribution in [0, 0.1) is 0 Å². The summed E-state index contributed by atoms with van der Waals surface area (Å²) in [5, 5.41) is 27.0. The van der Waals surface area contributed by atoms with E-state index in [1.807, 2.05) is 0 Å². The van der Waals surface area contributed by atoms with Gasteiger partial charge in [0.05, 0.1) is 18.6 Å². The zero-order valence-electron chi connectivity index (χ0n) is 7.39. The van der Waals surface area contributed by atoms with Crippen molar-refractivity contribution < 1.29 is 20.1 Å². The monoisotopic (exact) mass is 189 g/mol. The van der Waals surface area contributed by atoms with Crippen molar-refractivity contribution in [3.05, 3.63) is 0 Å². The molecule has 5 heteroatoms. The highest BCUT2D eigenvalue weighted by molar-refractivity contribution is 5.66. The van der Waals surface area contributed by atoms with E-state index in [0.29, 0.717) is 26.1 Å². The molecular weight excluding hydrogens is 174 g/mol. The fourth-order valence-electron chi connectivity index (χ4n) is 1.57. The molecule has 0 unspecified atom stereocenters. The molecule has 0 saturated carbocycles. The Kier molecular flexibility index (Phi) is 3.65. The van der Waals surface area contributed by atoms with E-state index in [9.17, 15) is 15.0 Å². The smallest absolute Gasteiger partial charge is 0.304 e. The van der Waals surface area contributed by atoms with E-state index in [1.165, 1.54) is 0 Å². The van der Waals surface area contributed by atoms with Gasteiger partial charge in [-0.05, 0) is 0 Å². The lowest BCUT2D eigenvalue weighted by Crippen LogP contribution is -2.46. The lowest BCUT2D eigenvalue weighted by molar-refractivity contribution is -0.137. The van der Waals surface area contributed by atoms with Crippen molar-refractivity contribution >= 4 is 5.97 Å². The van der Waals surface area contributed by atoms with E-state index >= 15 is 0 Å². The summed E-state index contributed by atoms with van der Waals surface area (Å²) < 4.78 is 0. The topological polar surface area (TPSA) is 81.0 Å². The summed E-state index contributed by atoms with van der Waals surface area (Å²) in [5.74, 6) is -0.852. The standard InChI is InChI=1S/C8H15NO4/c10-6-3-7(11)5-9(4-6)2-1-8(12)13/h6-7,10-11H,1-5H2,(H,12,13)/t6-,7+. The highest BCUT2D eigenvalue weighted by atomic mass is 16.4. The lowest BCUT2D eigenvalue weighted by atomic mass is 10.1. The summed E-state index contributed by atoms with van der Waals surface area (Å²) >= 11 is 0. The molecule has 0 bridgehead atoms. The van der Waals surface area contributed by atoms with Crippen molar-refractivity contribution in [1.82, 2.24) is 4.90 Å². The molecule has 0 aromatic rings. The van der Waals surface area contributed by atoms with Crippen LogP contribution >= 0.6 is 0 Å². The molecule has 0 aromatic carbocycles. The molecule has 1 aliphatic heterocycles. The van der Waals surface area contributed by atoms with Gasteiger partial charge in [0, 0.05) is 26.1 Å². The average molecular weight is 189 g/mol. The van der Waals surface area contributed by atoms with Crippen LogP contribution in [-0.2, 0) is 4.79 Å². The van der Waals surface area contributed by atoms with Crippen molar-refractivity contribution in [2.24, 2.45) is 0 Å². The van der Waals surface area contributed by atoms with Crippen molar-refractivity contribution in [2.45, 2.75) is 25.0 Å². The fraction of sp³-hybridized carbons (Fsp3) is 0.875. The summed E-state index contributed by atoms with van der Waals surface area (Å²) in [5.41, 5.74) is 0. The van der Waals surface area contributed by atoms with Crippen LogP contribution in [0.2, 0.25) is 0 Å². The molecule has 1 fully saturated rings. The fourth-order valence-corrected chi connectivity index (χ4v) is 1.57. The summed E-state index contributed by atoms with van der Waals surface area (Å²) in [4.78, 5) is 12.0. The molecule has 76 valence electrons. The number of piperidine rings is 1. The van der Waals surface area contributed by atoms with Gasteiger partial charge in [0.2, 0.25) is 0 Å². The Bertz CT molecular complexity index is 175. The minimum Gasteiger partial charge on any atom is -0.481 e. The molecule has 0 aromatic heterocycles. The second kappa shape index (κ2) is 4.55. The Morgan fingerprint density at radius 2 is 1.85 bits per heavy atom. The van der Waals surface area contributed by atoms with E-state index < -0.39 is 18.2 Å². The van der Waals surface area contributed by atoms with Crippen LogP contribution < -0.4 is 0 Å². The average Bonchev–Trinajstić information content (AvgIpc) is 1.99. The second-order valence-electron chi connectivity index (χ2n) is 3.45. The van der Waals surface area contributed by atoms with Gasteiger partial charge in [-0.3, -0.25) is 9.69 Å². The quantitative estimate of drug-likeness (QED) is 0.524. The Labute approximate surface area is 76.6 Å². The Morgan fingerprint density at radius 1 is 1.31 bits per heavy atom. The van der Waals surface area contributed by atoms with Crippen molar-refractivity contribution in [1.29, 1.82) is 0 Å². The first-order chi connectivity index (χ1) is 6.08. The predicted molar refractivity (Wildman–Crippen MR) is 45.3 cm³/mol. The number of likely N-dealkylation sites (tertiary alicyclic amines) is 1. The van der Waals surface area contributed by atoms with Crippen LogP contribution in [0.4, 0.5) is 0 Å². The number of aliphatic hydroxyl groups is 2. The van der Waals surface area contributed by atoms with E-state index in [1.54, 1.807) is 4.90 Å². The van der Waals surface area contributed by atoms with Crippen molar-refractivity contribution in [3.8, 4) is 0 Å². The number of carbonyl (C=O) groups is 1. The first-order valence-electron chi connectivity index (χ1n) is 4.38. The van der Waals surface area contributed by atoms with Crippen LogP contribution in [-0.4, -0.2) is 58.0 Å².